The van der Waals surface area contributed by atoms with Gasteiger partial charge in [0.15, 0.2) is 5.78 Å². The molecule has 0 saturated carbocycles. The largest absolute Gasteiger partial charge is 0.481 e. The fraction of sp³-hybridized carbons (Fsp3) is 0.615. The highest BCUT2D eigenvalue weighted by Gasteiger charge is 2.31. The number of ketones is 1. The van der Waals surface area contributed by atoms with Crippen molar-refractivity contribution in [1.29, 1.82) is 0 Å². The zero-order valence-electron chi connectivity index (χ0n) is 11.6. The molecule has 0 amide bonds. The SMILES string of the molecule is CC(C)(C)C(=O)C(CCC(=O)O)n1cc(CN)cn1. The lowest BCUT2D eigenvalue weighted by Gasteiger charge is -2.24. The molecule has 0 aliphatic heterocycles. The highest BCUT2D eigenvalue weighted by molar-refractivity contribution is 5.87. The number of nitrogens with zero attached hydrogens (tertiary/aromatic N) is 2. The van der Waals surface area contributed by atoms with E-state index in [0.29, 0.717) is 6.54 Å². The molecule has 1 aromatic heterocycles. The molecule has 0 spiro atoms. The van der Waals surface area contributed by atoms with E-state index < -0.39 is 17.4 Å². The molecule has 0 aromatic carbocycles. The summed E-state index contributed by atoms with van der Waals surface area (Å²) in [7, 11) is 0. The Hall–Kier alpha value is -1.69. The van der Waals surface area contributed by atoms with Crippen molar-refractivity contribution in [2.24, 2.45) is 11.1 Å². The molecule has 1 aromatic rings. The predicted molar refractivity (Wildman–Crippen MR) is 70.5 cm³/mol. The molecule has 0 radical (unpaired) electrons. The van der Waals surface area contributed by atoms with Crippen molar-refractivity contribution >= 4 is 11.8 Å². The summed E-state index contributed by atoms with van der Waals surface area (Å²) in [5.74, 6) is -0.946. The Morgan fingerprint density at radius 1 is 1.47 bits per heavy atom. The molecule has 1 atom stereocenters. The number of rotatable bonds is 6. The van der Waals surface area contributed by atoms with E-state index in [9.17, 15) is 9.59 Å². The lowest BCUT2D eigenvalue weighted by molar-refractivity contribution is -0.137. The van der Waals surface area contributed by atoms with Crippen molar-refractivity contribution in [2.45, 2.75) is 46.2 Å². The van der Waals surface area contributed by atoms with Crippen molar-refractivity contribution < 1.29 is 14.7 Å². The normalized spacial score (nSPS) is 13.3. The molecule has 3 N–H and O–H groups in total. The lowest BCUT2D eigenvalue weighted by atomic mass is 9.85. The first-order valence-corrected chi connectivity index (χ1v) is 6.25. The third kappa shape index (κ3) is 4.17. The minimum Gasteiger partial charge on any atom is -0.481 e. The molecule has 106 valence electrons. The predicted octanol–water partition coefficient (Wildman–Crippen LogP) is 1.36. The smallest absolute Gasteiger partial charge is 0.303 e. The van der Waals surface area contributed by atoms with Gasteiger partial charge in [0.1, 0.15) is 6.04 Å². The number of nitrogens with two attached hydrogens (primary N) is 1. The number of aromatic nitrogens is 2. The Kier molecular flexibility index (Phi) is 4.83. The van der Waals surface area contributed by atoms with Crippen LogP contribution in [0.4, 0.5) is 0 Å². The highest BCUT2D eigenvalue weighted by Crippen LogP contribution is 2.26. The van der Waals surface area contributed by atoms with Crippen LogP contribution in [0.25, 0.3) is 0 Å². The minimum absolute atomic E-state index is 0.0274. The monoisotopic (exact) mass is 267 g/mol. The fourth-order valence-electron chi connectivity index (χ4n) is 1.80. The van der Waals surface area contributed by atoms with E-state index >= 15 is 0 Å². The summed E-state index contributed by atoms with van der Waals surface area (Å²) < 4.78 is 1.53. The van der Waals surface area contributed by atoms with Crippen LogP contribution in [0.2, 0.25) is 0 Å². The first-order valence-electron chi connectivity index (χ1n) is 6.25. The van der Waals surface area contributed by atoms with Crippen LogP contribution in [0, 0.1) is 5.41 Å². The molecule has 0 saturated heterocycles. The van der Waals surface area contributed by atoms with E-state index in [1.54, 1.807) is 12.4 Å². The third-order valence-electron chi connectivity index (χ3n) is 2.88. The Morgan fingerprint density at radius 2 is 2.11 bits per heavy atom. The van der Waals surface area contributed by atoms with Gasteiger partial charge in [-0.1, -0.05) is 20.8 Å². The summed E-state index contributed by atoms with van der Waals surface area (Å²) in [6.45, 7) is 5.79. The molecule has 0 bridgehead atoms. The van der Waals surface area contributed by atoms with Crippen molar-refractivity contribution in [2.75, 3.05) is 0 Å². The molecule has 1 rings (SSSR count). The molecule has 6 heteroatoms. The Bertz CT molecular complexity index is 460. The summed E-state index contributed by atoms with van der Waals surface area (Å²) >= 11 is 0. The maximum Gasteiger partial charge on any atom is 0.303 e. The van der Waals surface area contributed by atoms with E-state index in [1.165, 1.54) is 4.68 Å². The zero-order valence-corrected chi connectivity index (χ0v) is 11.6. The maximum atomic E-state index is 12.4. The molecule has 1 unspecified atom stereocenters. The summed E-state index contributed by atoms with van der Waals surface area (Å²) in [4.78, 5) is 23.1. The van der Waals surface area contributed by atoms with Crippen molar-refractivity contribution in [3.05, 3.63) is 18.0 Å². The number of aliphatic carboxylic acids is 1. The van der Waals surface area contributed by atoms with Crippen LogP contribution in [0.1, 0.15) is 45.2 Å². The van der Waals surface area contributed by atoms with Gasteiger partial charge >= 0.3 is 5.97 Å². The van der Waals surface area contributed by atoms with Gasteiger partial charge < -0.3 is 10.8 Å². The summed E-state index contributed by atoms with van der Waals surface area (Å²) in [5, 5.41) is 12.9. The van der Waals surface area contributed by atoms with Gasteiger partial charge in [-0.15, -0.1) is 0 Å². The van der Waals surface area contributed by atoms with Gasteiger partial charge in [-0.05, 0) is 6.42 Å². The number of carboxylic acid groups (broad SMARTS) is 1. The van der Waals surface area contributed by atoms with E-state index in [-0.39, 0.29) is 18.6 Å². The number of carbonyl (C=O) groups is 2. The Morgan fingerprint density at radius 3 is 2.53 bits per heavy atom. The van der Waals surface area contributed by atoms with Gasteiger partial charge in [0.25, 0.3) is 0 Å². The quantitative estimate of drug-likeness (QED) is 0.811. The molecule has 0 fully saturated rings. The summed E-state index contributed by atoms with van der Waals surface area (Å²) in [5.41, 5.74) is 5.79. The lowest BCUT2D eigenvalue weighted by Crippen LogP contribution is -2.31. The second-order valence-electron chi connectivity index (χ2n) is 5.60. The van der Waals surface area contributed by atoms with Crippen LogP contribution >= 0.6 is 0 Å². The van der Waals surface area contributed by atoms with Gasteiger partial charge in [-0.2, -0.15) is 5.10 Å². The van der Waals surface area contributed by atoms with E-state index in [1.807, 2.05) is 20.8 Å². The average Bonchev–Trinajstić information content (AvgIpc) is 2.76. The second-order valence-corrected chi connectivity index (χ2v) is 5.60. The van der Waals surface area contributed by atoms with Gasteiger partial charge in [-0.3, -0.25) is 14.3 Å². The molecule has 0 aliphatic carbocycles. The molecule has 19 heavy (non-hydrogen) atoms. The first-order chi connectivity index (χ1) is 8.75. The van der Waals surface area contributed by atoms with Crippen molar-refractivity contribution in [3.8, 4) is 0 Å². The van der Waals surface area contributed by atoms with Gasteiger partial charge in [0.2, 0.25) is 0 Å². The molecular weight excluding hydrogens is 246 g/mol. The zero-order chi connectivity index (χ0) is 14.6. The van der Waals surface area contributed by atoms with E-state index in [0.717, 1.165) is 5.56 Å². The minimum atomic E-state index is -0.919. The molecule has 0 aliphatic rings. The molecule has 6 nitrogen and oxygen atoms in total. The van der Waals surface area contributed by atoms with Crippen molar-refractivity contribution in [1.82, 2.24) is 9.78 Å². The Balaban J connectivity index is 2.97. The van der Waals surface area contributed by atoms with Gasteiger partial charge in [-0.25, -0.2) is 0 Å². The highest BCUT2D eigenvalue weighted by atomic mass is 16.4. The van der Waals surface area contributed by atoms with Crippen LogP contribution in [0.15, 0.2) is 12.4 Å². The van der Waals surface area contributed by atoms with Gasteiger partial charge in [0.05, 0.1) is 6.20 Å². The van der Waals surface area contributed by atoms with Crippen molar-refractivity contribution in [3.63, 3.8) is 0 Å². The molecule has 1 heterocycles. The van der Waals surface area contributed by atoms with Crippen LogP contribution in [0.3, 0.4) is 0 Å². The maximum absolute atomic E-state index is 12.4. The fourth-order valence-corrected chi connectivity index (χ4v) is 1.80. The summed E-state index contributed by atoms with van der Waals surface area (Å²) in [6.07, 6.45) is 3.47. The topological polar surface area (TPSA) is 98.2 Å². The summed E-state index contributed by atoms with van der Waals surface area (Å²) in [6, 6.07) is -0.559. The van der Waals surface area contributed by atoms with E-state index in [4.69, 9.17) is 10.8 Å². The van der Waals surface area contributed by atoms with E-state index in [2.05, 4.69) is 5.10 Å². The second kappa shape index (κ2) is 5.97. The number of hydrogen-bond acceptors (Lipinski definition) is 4. The number of hydrogen-bond donors (Lipinski definition) is 2. The van der Waals surface area contributed by atoms with Crippen LogP contribution < -0.4 is 5.73 Å². The first kappa shape index (κ1) is 15.4. The van der Waals surface area contributed by atoms with Gasteiger partial charge in [0, 0.05) is 30.1 Å². The number of carbonyl (C=O) groups excluding carboxylic acids is 1. The van der Waals surface area contributed by atoms with Crippen LogP contribution in [-0.4, -0.2) is 26.6 Å². The van der Waals surface area contributed by atoms with Crippen LogP contribution in [0.5, 0.6) is 0 Å². The average molecular weight is 267 g/mol. The Labute approximate surface area is 112 Å². The third-order valence-corrected chi connectivity index (χ3v) is 2.88. The number of Topliss-reactive ketones (excluding diaryl/α,β-unsaturated/α-hetero) is 1. The van der Waals surface area contributed by atoms with Crippen LogP contribution in [-0.2, 0) is 16.1 Å². The number of carboxylic acids is 1. The standard InChI is InChI=1S/C13H21N3O3/c1-13(2,3)12(19)10(4-5-11(17)18)16-8-9(6-14)7-15-16/h7-8,10H,4-6,14H2,1-3H3,(H,17,18). The molecular formula is C13H21N3O3.